The Morgan fingerprint density at radius 3 is 2.89 bits per heavy atom. The summed E-state index contributed by atoms with van der Waals surface area (Å²) in [7, 11) is 1.93. The summed E-state index contributed by atoms with van der Waals surface area (Å²) in [6, 6.07) is 6.46. The second-order valence-electron chi connectivity index (χ2n) is 4.44. The lowest BCUT2D eigenvalue weighted by Gasteiger charge is -1.96. The number of hydrogen-bond acceptors (Lipinski definition) is 3. The minimum absolute atomic E-state index is 1.07. The van der Waals surface area contributed by atoms with Crippen LogP contribution in [0.1, 0.15) is 18.4 Å². The van der Waals surface area contributed by atoms with Gasteiger partial charge in [-0.3, -0.25) is 4.68 Å². The van der Waals surface area contributed by atoms with Crippen molar-refractivity contribution in [2.24, 2.45) is 7.05 Å². The van der Waals surface area contributed by atoms with Crippen LogP contribution >= 0.6 is 11.3 Å². The average Bonchev–Trinajstić information content (AvgIpc) is 2.94. The van der Waals surface area contributed by atoms with Crippen LogP contribution < -0.4 is 0 Å². The third-order valence-corrected chi connectivity index (χ3v) is 4.03. The molecule has 0 fully saturated rings. The second-order valence-corrected chi connectivity index (χ2v) is 5.56. The van der Waals surface area contributed by atoms with Gasteiger partial charge in [0.05, 0.1) is 21.4 Å². The van der Waals surface area contributed by atoms with Gasteiger partial charge in [-0.05, 0) is 30.5 Å². The molecule has 0 saturated heterocycles. The summed E-state index contributed by atoms with van der Waals surface area (Å²) in [4.78, 5) is 4.69. The highest BCUT2D eigenvalue weighted by Gasteiger charge is 2.06. The number of thiazole rings is 1. The Morgan fingerprint density at radius 2 is 2.17 bits per heavy atom. The van der Waals surface area contributed by atoms with E-state index in [1.54, 1.807) is 11.3 Å². The molecule has 4 heteroatoms. The Bertz CT molecular complexity index is 681. The van der Waals surface area contributed by atoms with Crippen molar-refractivity contribution in [2.45, 2.75) is 19.8 Å². The van der Waals surface area contributed by atoms with E-state index in [4.69, 9.17) is 0 Å². The quantitative estimate of drug-likeness (QED) is 0.717. The standard InChI is InChI=1S/C14H15N3S/c1-3-4-14-16-12-7-10(5-6-13(12)18-14)11-8-15-17(2)9-11/h5-9H,3-4H2,1-2H3. The predicted molar refractivity (Wildman–Crippen MR) is 75.8 cm³/mol. The average molecular weight is 257 g/mol. The molecule has 0 aliphatic rings. The molecule has 2 heterocycles. The summed E-state index contributed by atoms with van der Waals surface area (Å²) in [5.41, 5.74) is 3.43. The van der Waals surface area contributed by atoms with Gasteiger partial charge in [-0.1, -0.05) is 13.0 Å². The fraction of sp³-hybridized carbons (Fsp3) is 0.286. The molecule has 3 nitrogen and oxygen atoms in total. The van der Waals surface area contributed by atoms with Gasteiger partial charge in [0.15, 0.2) is 0 Å². The Morgan fingerprint density at radius 1 is 1.28 bits per heavy atom. The lowest BCUT2D eigenvalue weighted by molar-refractivity contribution is 0.768. The molecule has 0 saturated carbocycles. The Hall–Kier alpha value is -1.68. The maximum atomic E-state index is 4.69. The highest BCUT2D eigenvalue weighted by atomic mass is 32.1. The Labute approximate surface area is 110 Å². The van der Waals surface area contributed by atoms with Crippen LogP contribution in [0.4, 0.5) is 0 Å². The van der Waals surface area contributed by atoms with Crippen LogP contribution in [0, 0.1) is 0 Å². The van der Waals surface area contributed by atoms with Crippen LogP contribution in [-0.4, -0.2) is 14.8 Å². The van der Waals surface area contributed by atoms with Crippen molar-refractivity contribution in [3.63, 3.8) is 0 Å². The van der Waals surface area contributed by atoms with E-state index >= 15 is 0 Å². The summed E-state index contributed by atoms with van der Waals surface area (Å²) in [6.07, 6.45) is 6.14. The minimum atomic E-state index is 1.07. The first kappa shape index (κ1) is 11.4. The zero-order valence-electron chi connectivity index (χ0n) is 10.6. The second kappa shape index (κ2) is 4.53. The molecule has 18 heavy (non-hydrogen) atoms. The highest BCUT2D eigenvalue weighted by Crippen LogP contribution is 2.28. The maximum absolute atomic E-state index is 4.69. The molecule has 0 amide bonds. The van der Waals surface area contributed by atoms with Crippen molar-refractivity contribution in [3.8, 4) is 11.1 Å². The first-order chi connectivity index (χ1) is 8.76. The van der Waals surface area contributed by atoms with Crippen molar-refractivity contribution < 1.29 is 0 Å². The van der Waals surface area contributed by atoms with Gasteiger partial charge in [0.1, 0.15) is 0 Å². The molecule has 3 aromatic rings. The van der Waals surface area contributed by atoms with Gasteiger partial charge in [0, 0.05) is 18.8 Å². The molecule has 1 aromatic carbocycles. The lowest BCUT2D eigenvalue weighted by Crippen LogP contribution is -1.84. The van der Waals surface area contributed by atoms with E-state index in [0.29, 0.717) is 0 Å². The third-order valence-electron chi connectivity index (χ3n) is 2.93. The third kappa shape index (κ3) is 2.04. The van der Waals surface area contributed by atoms with Gasteiger partial charge in [-0.2, -0.15) is 5.10 Å². The number of rotatable bonds is 3. The first-order valence-corrected chi connectivity index (χ1v) is 6.96. The first-order valence-electron chi connectivity index (χ1n) is 6.15. The number of aromatic nitrogens is 3. The van der Waals surface area contributed by atoms with Crippen LogP contribution in [0.15, 0.2) is 30.6 Å². The monoisotopic (exact) mass is 257 g/mol. The number of benzene rings is 1. The fourth-order valence-electron chi connectivity index (χ4n) is 2.05. The molecule has 0 atom stereocenters. The number of nitrogens with zero attached hydrogens (tertiary/aromatic N) is 3. The molecule has 0 aliphatic carbocycles. The molecule has 0 aliphatic heterocycles. The van der Waals surface area contributed by atoms with Crippen LogP contribution in [-0.2, 0) is 13.5 Å². The smallest absolute Gasteiger partial charge is 0.0938 e. The summed E-state index contributed by atoms with van der Waals surface area (Å²) in [6.45, 7) is 2.19. The largest absolute Gasteiger partial charge is 0.275 e. The summed E-state index contributed by atoms with van der Waals surface area (Å²) < 4.78 is 3.09. The molecule has 0 spiro atoms. The maximum Gasteiger partial charge on any atom is 0.0938 e. The van der Waals surface area contributed by atoms with E-state index in [1.807, 2.05) is 24.1 Å². The fourth-order valence-corrected chi connectivity index (χ4v) is 3.10. The van der Waals surface area contributed by atoms with Crippen LogP contribution in [0.25, 0.3) is 21.3 Å². The van der Waals surface area contributed by atoms with Crippen LogP contribution in [0.3, 0.4) is 0 Å². The molecular formula is C14H15N3S. The number of hydrogen-bond donors (Lipinski definition) is 0. The zero-order chi connectivity index (χ0) is 12.5. The van der Waals surface area contributed by atoms with E-state index in [2.05, 4.69) is 35.2 Å². The molecule has 0 radical (unpaired) electrons. The van der Waals surface area contributed by atoms with Crippen molar-refractivity contribution in [1.29, 1.82) is 0 Å². The van der Waals surface area contributed by atoms with Gasteiger partial charge >= 0.3 is 0 Å². The van der Waals surface area contributed by atoms with Crippen LogP contribution in [0.2, 0.25) is 0 Å². The van der Waals surface area contributed by atoms with E-state index < -0.39 is 0 Å². The SMILES string of the molecule is CCCc1nc2cc(-c3cnn(C)c3)ccc2s1. The molecule has 92 valence electrons. The molecule has 0 unspecified atom stereocenters. The van der Waals surface area contributed by atoms with Crippen LogP contribution in [0.5, 0.6) is 0 Å². The number of aryl methyl sites for hydroxylation is 2. The number of fused-ring (bicyclic) bond motifs is 1. The molecule has 2 aromatic heterocycles. The predicted octanol–water partition coefficient (Wildman–Crippen LogP) is 3.65. The normalized spacial score (nSPS) is 11.2. The van der Waals surface area contributed by atoms with Crippen molar-refractivity contribution >= 4 is 21.6 Å². The van der Waals surface area contributed by atoms with E-state index in [-0.39, 0.29) is 0 Å². The van der Waals surface area contributed by atoms with Gasteiger partial charge in [-0.25, -0.2) is 4.98 Å². The Kier molecular flexibility index (Phi) is 2.88. The minimum Gasteiger partial charge on any atom is -0.275 e. The van der Waals surface area contributed by atoms with E-state index in [1.165, 1.54) is 15.3 Å². The molecule has 3 rings (SSSR count). The van der Waals surface area contributed by atoms with Crippen molar-refractivity contribution in [2.75, 3.05) is 0 Å². The van der Waals surface area contributed by atoms with Gasteiger partial charge in [0.2, 0.25) is 0 Å². The molecule has 0 bridgehead atoms. The molecular weight excluding hydrogens is 242 g/mol. The van der Waals surface area contributed by atoms with Gasteiger partial charge in [-0.15, -0.1) is 11.3 Å². The van der Waals surface area contributed by atoms with Gasteiger partial charge in [0.25, 0.3) is 0 Å². The lowest BCUT2D eigenvalue weighted by atomic mass is 10.1. The van der Waals surface area contributed by atoms with Crippen molar-refractivity contribution in [1.82, 2.24) is 14.8 Å². The Balaban J connectivity index is 2.05. The summed E-state index contributed by atoms with van der Waals surface area (Å²) in [5.74, 6) is 0. The highest BCUT2D eigenvalue weighted by molar-refractivity contribution is 7.18. The van der Waals surface area contributed by atoms with E-state index in [0.717, 1.165) is 23.9 Å². The molecule has 0 N–H and O–H groups in total. The zero-order valence-corrected chi connectivity index (χ0v) is 11.4. The van der Waals surface area contributed by atoms with Crippen molar-refractivity contribution in [3.05, 3.63) is 35.6 Å². The summed E-state index contributed by atoms with van der Waals surface area (Å²) >= 11 is 1.80. The summed E-state index contributed by atoms with van der Waals surface area (Å²) in [5, 5.41) is 5.44. The van der Waals surface area contributed by atoms with Gasteiger partial charge < -0.3 is 0 Å². The van der Waals surface area contributed by atoms with E-state index in [9.17, 15) is 0 Å². The topological polar surface area (TPSA) is 30.7 Å².